The zero-order chi connectivity index (χ0) is 15.1. The Kier molecular flexibility index (Phi) is 6.16. The largest absolute Gasteiger partial charge is 0.505 e. The van der Waals surface area contributed by atoms with E-state index in [1.807, 2.05) is 0 Å². The molecule has 1 atom stereocenters. The van der Waals surface area contributed by atoms with Crippen molar-refractivity contribution in [2.45, 2.75) is 19.6 Å². The fraction of sp³-hybridized carbons (Fsp3) is 0.500. The molecule has 1 unspecified atom stereocenters. The molecule has 0 bridgehead atoms. The number of aromatic hydroxyl groups is 1. The smallest absolute Gasteiger partial charge is 0.278 e. The quantitative estimate of drug-likeness (QED) is 0.237. The molecule has 8 heteroatoms. The lowest BCUT2D eigenvalue weighted by molar-refractivity contribution is -0.386. The summed E-state index contributed by atoms with van der Waals surface area (Å²) in [4.78, 5) is 10.4. The summed E-state index contributed by atoms with van der Waals surface area (Å²) in [6.45, 7) is 2.22. The van der Waals surface area contributed by atoms with Crippen molar-refractivity contribution in [1.29, 1.82) is 0 Å². The Hall–Kier alpha value is -1.90. The maximum Gasteiger partial charge on any atom is 0.278 e. The highest BCUT2D eigenvalue weighted by Crippen LogP contribution is 2.35. The zero-order valence-electron chi connectivity index (χ0n) is 11.2. The Bertz CT molecular complexity index is 465. The number of hydrogen-bond acceptors (Lipinski definition) is 7. The average Bonchev–Trinajstić information content (AvgIpc) is 2.38. The van der Waals surface area contributed by atoms with Gasteiger partial charge < -0.3 is 26.0 Å². The van der Waals surface area contributed by atoms with Crippen molar-refractivity contribution in [3.8, 4) is 5.75 Å². The van der Waals surface area contributed by atoms with Crippen LogP contribution in [-0.2, 0) is 11.3 Å². The van der Waals surface area contributed by atoms with Crippen LogP contribution in [0.4, 0.5) is 11.4 Å². The van der Waals surface area contributed by atoms with Gasteiger partial charge in [0.25, 0.3) is 5.69 Å². The number of nitrogens with two attached hydrogens (primary N) is 1. The number of anilines is 1. The number of nitrogens with one attached hydrogen (secondary N) is 1. The summed E-state index contributed by atoms with van der Waals surface area (Å²) >= 11 is 0. The minimum absolute atomic E-state index is 0.0824. The van der Waals surface area contributed by atoms with Gasteiger partial charge in [-0.2, -0.15) is 0 Å². The molecule has 0 aliphatic heterocycles. The molecule has 0 aromatic heterocycles. The Morgan fingerprint density at radius 3 is 2.80 bits per heavy atom. The zero-order valence-corrected chi connectivity index (χ0v) is 11.2. The highest BCUT2D eigenvalue weighted by molar-refractivity contribution is 5.65. The Morgan fingerprint density at radius 2 is 2.25 bits per heavy atom. The van der Waals surface area contributed by atoms with Crippen molar-refractivity contribution in [3.05, 3.63) is 27.8 Å². The Labute approximate surface area is 116 Å². The number of phenols is 1. The van der Waals surface area contributed by atoms with E-state index in [0.29, 0.717) is 5.69 Å². The van der Waals surface area contributed by atoms with Crippen LogP contribution in [0, 0.1) is 10.1 Å². The molecule has 0 aliphatic carbocycles. The SMILES string of the molecule is CC(O)CNc1ccc([N+](=O)[O-])c(COCCN)c1O. The summed E-state index contributed by atoms with van der Waals surface area (Å²) in [5, 5.41) is 33.0. The molecule has 0 saturated heterocycles. The third kappa shape index (κ3) is 4.34. The first kappa shape index (κ1) is 16.2. The van der Waals surface area contributed by atoms with Gasteiger partial charge in [-0.3, -0.25) is 10.1 Å². The summed E-state index contributed by atoms with van der Waals surface area (Å²) < 4.78 is 5.15. The summed E-state index contributed by atoms with van der Waals surface area (Å²) in [5.74, 6) is -0.253. The third-order valence-corrected chi connectivity index (χ3v) is 2.55. The number of benzene rings is 1. The predicted octanol–water partition coefficient (Wildman–Crippen LogP) is 0.568. The van der Waals surface area contributed by atoms with Crippen molar-refractivity contribution in [3.63, 3.8) is 0 Å². The van der Waals surface area contributed by atoms with Crippen molar-refractivity contribution >= 4 is 11.4 Å². The second kappa shape index (κ2) is 7.63. The second-order valence-electron chi connectivity index (χ2n) is 4.29. The van der Waals surface area contributed by atoms with E-state index in [2.05, 4.69) is 5.32 Å². The maximum atomic E-state index is 10.9. The molecule has 0 amide bonds. The maximum absolute atomic E-state index is 10.9. The van der Waals surface area contributed by atoms with Crippen LogP contribution < -0.4 is 11.1 Å². The van der Waals surface area contributed by atoms with E-state index < -0.39 is 11.0 Å². The average molecular weight is 285 g/mol. The van der Waals surface area contributed by atoms with Gasteiger partial charge in [0, 0.05) is 19.2 Å². The molecule has 0 heterocycles. The normalized spacial score (nSPS) is 12.2. The molecule has 20 heavy (non-hydrogen) atoms. The second-order valence-corrected chi connectivity index (χ2v) is 4.29. The van der Waals surface area contributed by atoms with Crippen LogP contribution in [0.2, 0.25) is 0 Å². The van der Waals surface area contributed by atoms with Gasteiger partial charge in [-0.05, 0) is 13.0 Å². The van der Waals surface area contributed by atoms with E-state index in [1.165, 1.54) is 12.1 Å². The lowest BCUT2D eigenvalue weighted by atomic mass is 10.1. The molecule has 8 nitrogen and oxygen atoms in total. The van der Waals surface area contributed by atoms with E-state index >= 15 is 0 Å². The molecular formula is C12H19N3O5. The topological polar surface area (TPSA) is 131 Å². The number of ether oxygens (including phenoxy) is 1. The number of nitro groups is 1. The summed E-state index contributed by atoms with van der Waals surface area (Å²) in [7, 11) is 0. The van der Waals surface area contributed by atoms with E-state index in [9.17, 15) is 20.3 Å². The van der Waals surface area contributed by atoms with Gasteiger partial charge >= 0.3 is 0 Å². The first-order chi connectivity index (χ1) is 9.47. The van der Waals surface area contributed by atoms with Gasteiger partial charge in [0.2, 0.25) is 0 Å². The van der Waals surface area contributed by atoms with Gasteiger partial charge in [0.1, 0.15) is 0 Å². The van der Waals surface area contributed by atoms with Gasteiger partial charge in [-0.1, -0.05) is 0 Å². The number of phenolic OH excluding ortho intramolecular Hbond substituents is 1. The lowest BCUT2D eigenvalue weighted by Gasteiger charge is -2.13. The monoisotopic (exact) mass is 285 g/mol. The number of rotatable bonds is 8. The molecule has 1 aromatic rings. The van der Waals surface area contributed by atoms with E-state index in [1.54, 1.807) is 6.92 Å². The van der Waals surface area contributed by atoms with Crippen LogP contribution in [0.3, 0.4) is 0 Å². The molecule has 0 radical (unpaired) electrons. The summed E-state index contributed by atoms with van der Waals surface area (Å²) in [5.41, 5.74) is 5.45. The number of nitro benzene ring substituents is 1. The van der Waals surface area contributed by atoms with Crippen molar-refractivity contribution in [2.75, 3.05) is 25.0 Å². The first-order valence-corrected chi connectivity index (χ1v) is 6.16. The standard InChI is InChI=1S/C12H19N3O5/c1-8(16)6-14-10-2-3-11(15(18)19)9(12(10)17)7-20-5-4-13/h2-3,8,14,16-17H,4-7,13H2,1H3. The Morgan fingerprint density at radius 1 is 1.55 bits per heavy atom. The van der Waals surface area contributed by atoms with Crippen molar-refractivity contribution < 1.29 is 19.9 Å². The number of aliphatic hydroxyl groups excluding tert-OH is 1. The van der Waals surface area contributed by atoms with E-state index in [-0.39, 0.29) is 43.3 Å². The highest BCUT2D eigenvalue weighted by Gasteiger charge is 2.20. The van der Waals surface area contributed by atoms with Crippen molar-refractivity contribution in [2.24, 2.45) is 5.73 Å². The Balaban J connectivity index is 3.00. The van der Waals surface area contributed by atoms with Crippen LogP contribution in [-0.4, -0.2) is 40.9 Å². The molecule has 5 N–H and O–H groups in total. The van der Waals surface area contributed by atoms with Gasteiger partial charge in [0.15, 0.2) is 5.75 Å². The molecule has 0 fully saturated rings. The van der Waals surface area contributed by atoms with Crippen LogP contribution >= 0.6 is 0 Å². The van der Waals surface area contributed by atoms with Gasteiger partial charge in [-0.25, -0.2) is 0 Å². The minimum Gasteiger partial charge on any atom is -0.505 e. The van der Waals surface area contributed by atoms with Crippen LogP contribution in [0.25, 0.3) is 0 Å². The molecule has 1 aromatic carbocycles. The van der Waals surface area contributed by atoms with Gasteiger partial charge in [0.05, 0.1) is 35.5 Å². The van der Waals surface area contributed by atoms with Crippen LogP contribution in [0.15, 0.2) is 12.1 Å². The lowest BCUT2D eigenvalue weighted by Crippen LogP contribution is -2.16. The minimum atomic E-state index is -0.610. The number of aliphatic hydroxyl groups is 1. The molecule has 0 aliphatic rings. The van der Waals surface area contributed by atoms with E-state index in [4.69, 9.17) is 10.5 Å². The number of nitrogens with zero attached hydrogens (tertiary/aromatic N) is 1. The van der Waals surface area contributed by atoms with Crippen LogP contribution in [0.1, 0.15) is 12.5 Å². The van der Waals surface area contributed by atoms with Crippen molar-refractivity contribution in [1.82, 2.24) is 0 Å². The first-order valence-electron chi connectivity index (χ1n) is 6.16. The summed E-state index contributed by atoms with van der Waals surface area (Å²) in [6.07, 6.45) is -0.610. The molecular weight excluding hydrogens is 266 g/mol. The summed E-state index contributed by atoms with van der Waals surface area (Å²) in [6, 6.07) is 2.67. The fourth-order valence-electron chi connectivity index (χ4n) is 1.60. The third-order valence-electron chi connectivity index (χ3n) is 2.55. The van der Waals surface area contributed by atoms with E-state index in [0.717, 1.165) is 0 Å². The molecule has 0 saturated carbocycles. The fourth-order valence-corrected chi connectivity index (χ4v) is 1.60. The number of hydrogen-bond donors (Lipinski definition) is 4. The highest BCUT2D eigenvalue weighted by atomic mass is 16.6. The van der Waals surface area contributed by atoms with Gasteiger partial charge in [-0.15, -0.1) is 0 Å². The predicted molar refractivity (Wildman–Crippen MR) is 73.6 cm³/mol. The molecule has 0 spiro atoms. The molecule has 1 rings (SSSR count). The molecule has 112 valence electrons. The van der Waals surface area contributed by atoms with Crippen LogP contribution in [0.5, 0.6) is 5.75 Å².